The Labute approximate surface area is 197 Å². The number of carbonyl (C=O) groups excluding carboxylic acids is 1. The number of halogens is 2. The zero-order valence-electron chi connectivity index (χ0n) is 17.6. The molecule has 0 saturated carbocycles. The summed E-state index contributed by atoms with van der Waals surface area (Å²) in [5.41, 5.74) is 2.74. The fraction of sp³-hybridized carbons (Fsp3) is 0.409. The van der Waals surface area contributed by atoms with Gasteiger partial charge in [0.2, 0.25) is 10.0 Å². The molecule has 0 bridgehead atoms. The average Bonchev–Trinajstić information content (AvgIpc) is 2.75. The smallest absolute Gasteiger partial charge is 0.262 e. The van der Waals surface area contributed by atoms with Crippen molar-refractivity contribution in [1.82, 2.24) is 4.31 Å². The van der Waals surface area contributed by atoms with Gasteiger partial charge in [-0.15, -0.1) is 0 Å². The van der Waals surface area contributed by atoms with Crippen molar-refractivity contribution in [2.24, 2.45) is 0 Å². The fourth-order valence-electron chi connectivity index (χ4n) is 3.60. The second kappa shape index (κ2) is 10.3. The lowest BCUT2D eigenvalue weighted by molar-refractivity contribution is -0.118. The van der Waals surface area contributed by atoms with Gasteiger partial charge in [-0.3, -0.25) is 4.79 Å². The van der Waals surface area contributed by atoms with Crippen LogP contribution >= 0.6 is 27.5 Å². The van der Waals surface area contributed by atoms with E-state index in [-0.39, 0.29) is 28.2 Å². The summed E-state index contributed by atoms with van der Waals surface area (Å²) in [6, 6.07) is 8.26. The molecule has 0 aliphatic carbocycles. The summed E-state index contributed by atoms with van der Waals surface area (Å²) in [7, 11) is -3.58. The second-order valence-corrected chi connectivity index (χ2v) is 10.8. The topological polar surface area (TPSA) is 75.7 Å². The Morgan fingerprint density at radius 3 is 2.55 bits per heavy atom. The summed E-state index contributed by atoms with van der Waals surface area (Å²) in [4.78, 5) is 12.6. The van der Waals surface area contributed by atoms with E-state index in [1.54, 1.807) is 0 Å². The number of nitrogens with zero attached hydrogens (tertiary/aromatic N) is 1. The van der Waals surface area contributed by atoms with E-state index in [9.17, 15) is 13.2 Å². The highest BCUT2D eigenvalue weighted by atomic mass is 79.9. The predicted octanol–water partition coefficient (Wildman–Crippen LogP) is 5.17. The molecule has 1 saturated heterocycles. The lowest BCUT2D eigenvalue weighted by Gasteiger charge is -2.26. The highest BCUT2D eigenvalue weighted by Crippen LogP contribution is 2.30. The number of benzene rings is 2. The van der Waals surface area contributed by atoms with E-state index < -0.39 is 10.0 Å². The van der Waals surface area contributed by atoms with Crippen LogP contribution in [0.5, 0.6) is 5.75 Å². The molecule has 1 fully saturated rings. The zero-order valence-corrected chi connectivity index (χ0v) is 20.7. The number of hydrogen-bond donors (Lipinski definition) is 1. The number of nitrogens with one attached hydrogen (secondary N) is 1. The van der Waals surface area contributed by atoms with Crippen LogP contribution in [0.3, 0.4) is 0 Å². The first-order valence-electron chi connectivity index (χ1n) is 10.2. The van der Waals surface area contributed by atoms with Crippen LogP contribution in [0.4, 0.5) is 5.69 Å². The third-order valence-corrected chi connectivity index (χ3v) is 7.89. The van der Waals surface area contributed by atoms with Gasteiger partial charge in [-0.05, 0) is 67.6 Å². The highest BCUT2D eigenvalue weighted by Gasteiger charge is 2.26. The molecule has 2 aromatic rings. The first kappa shape index (κ1) is 24.0. The largest absolute Gasteiger partial charge is 0.482 e. The highest BCUT2D eigenvalue weighted by molar-refractivity contribution is 9.10. The van der Waals surface area contributed by atoms with Gasteiger partial charge in [0.05, 0.1) is 9.92 Å². The van der Waals surface area contributed by atoms with Gasteiger partial charge < -0.3 is 10.1 Å². The fourth-order valence-corrected chi connectivity index (χ4v) is 6.07. The average molecular weight is 530 g/mol. The number of hydrogen-bond acceptors (Lipinski definition) is 4. The van der Waals surface area contributed by atoms with Gasteiger partial charge in [0.1, 0.15) is 5.75 Å². The van der Waals surface area contributed by atoms with Crippen molar-refractivity contribution in [3.05, 3.63) is 51.0 Å². The number of sulfonamides is 1. The number of anilines is 1. The lowest BCUT2D eigenvalue weighted by Crippen LogP contribution is -2.35. The van der Waals surface area contributed by atoms with Crippen molar-refractivity contribution in [1.29, 1.82) is 0 Å². The maximum atomic E-state index is 12.8. The Balaban J connectivity index is 1.67. The predicted molar refractivity (Wildman–Crippen MR) is 126 cm³/mol. The van der Waals surface area contributed by atoms with E-state index in [0.29, 0.717) is 13.1 Å². The molecule has 168 valence electrons. The van der Waals surface area contributed by atoms with Gasteiger partial charge in [-0.25, -0.2) is 8.42 Å². The summed E-state index contributed by atoms with van der Waals surface area (Å²) in [6.07, 6.45) is 3.54. The van der Waals surface area contributed by atoms with Gasteiger partial charge in [-0.2, -0.15) is 4.31 Å². The zero-order chi connectivity index (χ0) is 22.6. The third-order valence-electron chi connectivity index (χ3n) is 5.24. The standard InChI is InChI=1S/C22H26BrClN2O4S/c1-3-16-12-17(23)11-15(2)22(16)25-21(27)14-30-20-8-7-18(13-19(20)24)31(28,29)26-9-5-4-6-10-26/h7-8,11-13H,3-6,9-10,14H2,1-2H3,(H,25,27). The van der Waals surface area contributed by atoms with Crippen LogP contribution in [0.2, 0.25) is 5.02 Å². The molecule has 6 nitrogen and oxygen atoms in total. The van der Waals surface area contributed by atoms with E-state index in [1.165, 1.54) is 22.5 Å². The minimum absolute atomic E-state index is 0.134. The first-order valence-corrected chi connectivity index (χ1v) is 12.8. The molecular formula is C22H26BrClN2O4S. The van der Waals surface area contributed by atoms with Crippen LogP contribution in [-0.4, -0.2) is 38.3 Å². The molecule has 1 aliphatic heterocycles. The van der Waals surface area contributed by atoms with Gasteiger partial charge in [0, 0.05) is 23.2 Å². The van der Waals surface area contributed by atoms with E-state index in [2.05, 4.69) is 21.2 Å². The van der Waals surface area contributed by atoms with Crippen molar-refractivity contribution >= 4 is 49.1 Å². The van der Waals surface area contributed by atoms with Crippen molar-refractivity contribution in [2.75, 3.05) is 25.0 Å². The Morgan fingerprint density at radius 2 is 1.90 bits per heavy atom. The van der Waals surface area contributed by atoms with E-state index in [1.807, 2.05) is 26.0 Å². The monoisotopic (exact) mass is 528 g/mol. The number of carbonyl (C=O) groups is 1. The van der Waals surface area contributed by atoms with Gasteiger partial charge in [-0.1, -0.05) is 40.9 Å². The Kier molecular flexibility index (Phi) is 8.02. The van der Waals surface area contributed by atoms with Gasteiger partial charge >= 0.3 is 0 Å². The Hall–Kier alpha value is -1.61. The summed E-state index contributed by atoms with van der Waals surface area (Å²) in [6.45, 7) is 4.75. The van der Waals surface area contributed by atoms with Gasteiger partial charge in [0.15, 0.2) is 6.61 Å². The molecular weight excluding hydrogens is 504 g/mol. The molecule has 0 atom stereocenters. The maximum absolute atomic E-state index is 12.8. The molecule has 9 heteroatoms. The molecule has 3 rings (SSSR count). The minimum Gasteiger partial charge on any atom is -0.482 e. The van der Waals surface area contributed by atoms with Crippen LogP contribution in [0, 0.1) is 6.92 Å². The Bertz CT molecular complexity index is 1070. The number of ether oxygens (including phenoxy) is 1. The lowest BCUT2D eigenvalue weighted by atomic mass is 10.1. The molecule has 0 aromatic heterocycles. The molecule has 1 heterocycles. The molecule has 31 heavy (non-hydrogen) atoms. The van der Waals surface area contributed by atoms with Crippen LogP contribution in [0.15, 0.2) is 39.7 Å². The number of amides is 1. The van der Waals surface area contributed by atoms with Crippen LogP contribution in [0.25, 0.3) is 0 Å². The van der Waals surface area contributed by atoms with Crippen LogP contribution in [0.1, 0.15) is 37.3 Å². The number of aryl methyl sites for hydroxylation is 2. The summed E-state index contributed by atoms with van der Waals surface area (Å²) in [5, 5.41) is 3.05. The van der Waals surface area contributed by atoms with Gasteiger partial charge in [0.25, 0.3) is 5.91 Å². The maximum Gasteiger partial charge on any atom is 0.262 e. The molecule has 1 amide bonds. The summed E-state index contributed by atoms with van der Waals surface area (Å²) < 4.78 is 33.6. The number of piperidine rings is 1. The van der Waals surface area contributed by atoms with Crippen molar-refractivity contribution in [2.45, 2.75) is 44.4 Å². The van der Waals surface area contributed by atoms with E-state index in [0.717, 1.165) is 47.0 Å². The van der Waals surface area contributed by atoms with Crippen molar-refractivity contribution in [3.63, 3.8) is 0 Å². The van der Waals surface area contributed by atoms with E-state index in [4.69, 9.17) is 16.3 Å². The summed E-state index contributed by atoms with van der Waals surface area (Å²) >= 11 is 9.73. The summed E-state index contributed by atoms with van der Waals surface area (Å²) in [5.74, 6) is -0.0566. The molecule has 1 aliphatic rings. The van der Waals surface area contributed by atoms with Crippen LogP contribution in [-0.2, 0) is 21.2 Å². The third kappa shape index (κ3) is 5.80. The molecule has 0 spiro atoms. The molecule has 0 radical (unpaired) electrons. The quantitative estimate of drug-likeness (QED) is 0.537. The van der Waals surface area contributed by atoms with Crippen LogP contribution < -0.4 is 10.1 Å². The normalized spacial score (nSPS) is 15.0. The number of rotatable bonds is 7. The molecule has 2 aromatic carbocycles. The first-order chi connectivity index (χ1) is 14.7. The van der Waals surface area contributed by atoms with Crippen molar-refractivity contribution < 1.29 is 17.9 Å². The molecule has 1 N–H and O–H groups in total. The Morgan fingerprint density at radius 1 is 1.19 bits per heavy atom. The van der Waals surface area contributed by atoms with Crippen molar-refractivity contribution in [3.8, 4) is 5.75 Å². The van der Waals surface area contributed by atoms with E-state index >= 15 is 0 Å². The minimum atomic E-state index is -3.58. The SMILES string of the molecule is CCc1cc(Br)cc(C)c1NC(=O)COc1ccc(S(=O)(=O)N2CCCCC2)cc1Cl. The molecule has 0 unspecified atom stereocenters. The second-order valence-electron chi connectivity index (χ2n) is 7.50.